The fourth-order valence-corrected chi connectivity index (χ4v) is 8.61. The number of halogens is 1. The number of aliphatic hydroxyl groups excluding tert-OH is 1. The van der Waals surface area contributed by atoms with Crippen LogP contribution in [0.4, 0.5) is 5.69 Å². The summed E-state index contributed by atoms with van der Waals surface area (Å²) in [6.45, 7) is 8.93. The first-order valence-corrected chi connectivity index (χ1v) is 17.9. The van der Waals surface area contributed by atoms with Crippen LogP contribution in [0.3, 0.4) is 0 Å². The van der Waals surface area contributed by atoms with Gasteiger partial charge in [-0.3, -0.25) is 19.2 Å². The van der Waals surface area contributed by atoms with Crippen LogP contribution in [0.15, 0.2) is 79.9 Å². The molecule has 0 saturated carbocycles. The second-order valence-electron chi connectivity index (χ2n) is 13.1. The first-order valence-electron chi connectivity index (χ1n) is 17.0. The van der Waals surface area contributed by atoms with E-state index in [9.17, 15) is 24.3 Å². The molecular weight excluding hydrogens is 722 g/mol. The molecule has 3 aliphatic heterocycles. The van der Waals surface area contributed by atoms with Crippen LogP contribution >= 0.6 is 15.9 Å². The average Bonchev–Trinajstić information content (AvgIpc) is 3.74. The van der Waals surface area contributed by atoms with Crippen molar-refractivity contribution in [1.82, 2.24) is 10.2 Å². The highest BCUT2D eigenvalue weighted by molar-refractivity contribution is 9.09. The molecular formula is C38H46BrN3O9. The maximum atomic E-state index is 14.8. The Hall–Kier alpha value is -4.04. The van der Waals surface area contributed by atoms with Crippen molar-refractivity contribution >= 4 is 45.3 Å². The number of hydrogen-bond donors (Lipinski definition) is 2. The van der Waals surface area contributed by atoms with Gasteiger partial charge in [0, 0.05) is 30.6 Å². The molecule has 2 N–H and O–H groups in total. The van der Waals surface area contributed by atoms with Gasteiger partial charge in [0.15, 0.2) is 0 Å². The van der Waals surface area contributed by atoms with Crippen molar-refractivity contribution in [1.29, 1.82) is 0 Å². The SMILES string of the molecule is C=CCCC(=O)N[C@@H](COC)[C@@H](OC(=O)[C@H]1[C@@H]2O[C@@]3(CC2Br)[C@@H]1C(=O)N([C@H](C)CO)[C@@H]3C(=O)N(CC=C)c1ccc(OC)cc1)c1ccccc1. The zero-order valence-electron chi connectivity index (χ0n) is 29.1. The number of benzene rings is 2. The van der Waals surface area contributed by atoms with E-state index in [-0.39, 0.29) is 31.9 Å². The van der Waals surface area contributed by atoms with Crippen LogP contribution in [-0.2, 0) is 33.4 Å². The molecule has 3 saturated heterocycles. The summed E-state index contributed by atoms with van der Waals surface area (Å²) in [6.07, 6.45) is 2.39. The highest BCUT2D eigenvalue weighted by atomic mass is 79.9. The zero-order valence-corrected chi connectivity index (χ0v) is 30.7. The number of amides is 3. The summed E-state index contributed by atoms with van der Waals surface area (Å²) in [5, 5.41) is 13.3. The number of allylic oxidation sites excluding steroid dienone is 1. The maximum absolute atomic E-state index is 14.8. The fraction of sp³-hybridized carbons (Fsp3) is 0.474. The van der Waals surface area contributed by atoms with E-state index >= 15 is 0 Å². The molecule has 12 nitrogen and oxygen atoms in total. The lowest BCUT2D eigenvalue weighted by molar-refractivity contribution is -0.163. The number of nitrogens with zero attached hydrogens (tertiary/aromatic N) is 2. The van der Waals surface area contributed by atoms with Gasteiger partial charge in [0.2, 0.25) is 11.8 Å². The Morgan fingerprint density at radius 1 is 1.14 bits per heavy atom. The third-order valence-corrected chi connectivity index (χ3v) is 10.8. The molecule has 2 bridgehead atoms. The van der Waals surface area contributed by atoms with E-state index < -0.39 is 77.0 Å². The lowest BCUT2D eigenvalue weighted by Gasteiger charge is -2.38. The van der Waals surface area contributed by atoms with E-state index in [0.717, 1.165) is 0 Å². The number of aliphatic hydroxyl groups is 1. The number of nitrogens with one attached hydrogen (secondary N) is 1. The van der Waals surface area contributed by atoms with Crippen LogP contribution in [0.1, 0.15) is 37.9 Å². The van der Waals surface area contributed by atoms with Crippen molar-refractivity contribution in [2.45, 2.75) is 66.9 Å². The number of alkyl halides is 1. The van der Waals surface area contributed by atoms with E-state index in [1.807, 2.05) is 6.07 Å². The van der Waals surface area contributed by atoms with Crippen LogP contribution in [-0.4, -0.2) is 102 Å². The Morgan fingerprint density at radius 3 is 2.45 bits per heavy atom. The summed E-state index contributed by atoms with van der Waals surface area (Å²) in [5.74, 6) is -3.45. The van der Waals surface area contributed by atoms with Crippen molar-refractivity contribution < 1.29 is 43.2 Å². The second kappa shape index (κ2) is 16.5. The van der Waals surface area contributed by atoms with Crippen molar-refractivity contribution in [2.75, 3.05) is 38.9 Å². The number of anilines is 1. The van der Waals surface area contributed by atoms with Gasteiger partial charge in [-0.15, -0.1) is 13.2 Å². The molecule has 9 atom stereocenters. The largest absolute Gasteiger partial charge is 0.497 e. The van der Waals surface area contributed by atoms with E-state index in [1.165, 1.54) is 16.9 Å². The van der Waals surface area contributed by atoms with Gasteiger partial charge in [-0.2, -0.15) is 0 Å². The Bertz CT molecular complexity index is 1590. The lowest BCUT2D eigenvalue weighted by Crippen LogP contribution is -2.58. The van der Waals surface area contributed by atoms with Gasteiger partial charge in [-0.25, -0.2) is 0 Å². The number of rotatable bonds is 17. The summed E-state index contributed by atoms with van der Waals surface area (Å²) in [6, 6.07) is 13.2. The number of fused-ring (bicyclic) bond motifs is 1. The number of carbonyl (C=O) groups excluding carboxylic acids is 4. The topological polar surface area (TPSA) is 144 Å². The van der Waals surface area contributed by atoms with Gasteiger partial charge in [-0.05, 0) is 49.6 Å². The Balaban J connectivity index is 1.52. The number of likely N-dealkylation sites (tertiary alicyclic amines) is 1. The Labute approximate surface area is 306 Å². The number of hydrogen-bond acceptors (Lipinski definition) is 9. The fourth-order valence-electron chi connectivity index (χ4n) is 7.67. The molecule has 3 amide bonds. The molecule has 274 valence electrons. The molecule has 1 unspecified atom stereocenters. The van der Waals surface area contributed by atoms with Crippen LogP contribution in [0.5, 0.6) is 5.75 Å². The molecule has 2 aromatic carbocycles. The minimum atomic E-state index is -1.40. The third-order valence-electron chi connectivity index (χ3n) is 9.94. The number of methoxy groups -OCH3 is 2. The van der Waals surface area contributed by atoms with E-state index in [1.54, 1.807) is 74.7 Å². The molecule has 2 aromatic rings. The van der Waals surface area contributed by atoms with Crippen molar-refractivity contribution in [2.24, 2.45) is 11.8 Å². The molecule has 5 rings (SSSR count). The lowest BCUT2D eigenvalue weighted by atomic mass is 9.70. The number of carbonyl (C=O) groups is 4. The molecule has 3 aliphatic rings. The highest BCUT2D eigenvalue weighted by Crippen LogP contribution is 2.61. The number of ether oxygens (including phenoxy) is 4. The van der Waals surface area contributed by atoms with E-state index in [2.05, 4.69) is 34.4 Å². The van der Waals surface area contributed by atoms with Crippen LogP contribution < -0.4 is 15.0 Å². The third kappa shape index (κ3) is 7.35. The van der Waals surface area contributed by atoms with Gasteiger partial charge < -0.3 is 39.2 Å². The van der Waals surface area contributed by atoms with Gasteiger partial charge in [-0.1, -0.05) is 58.4 Å². The average molecular weight is 769 g/mol. The minimum absolute atomic E-state index is 0.0352. The molecule has 0 aromatic heterocycles. The maximum Gasteiger partial charge on any atom is 0.313 e. The quantitative estimate of drug-likeness (QED) is 0.140. The standard InChI is InChI=1S/C38H46BrN3O9/c1-6-8-14-29(44)40-28(22-48-4)32(24-12-10-9-11-13-24)50-37(47)30-31-35(45)42(23(3)21-43)34(38(31)20-27(39)33(30)51-38)36(46)41(19-7-2)25-15-17-26(49-5)18-16-25/h6-7,9-13,15-18,23,27-28,30-34,43H,1-2,8,14,19-22H2,3-5H3,(H,40,44)/t23-,27?,28+,30-,31+,32+,33-,34-,38+/m1/s1. The molecule has 1 spiro atoms. The van der Waals surface area contributed by atoms with Crippen LogP contribution in [0.25, 0.3) is 0 Å². The Morgan fingerprint density at radius 2 is 1.84 bits per heavy atom. The molecule has 13 heteroatoms. The predicted molar refractivity (Wildman–Crippen MR) is 193 cm³/mol. The molecule has 0 aliphatic carbocycles. The van der Waals surface area contributed by atoms with Crippen molar-refractivity contribution in [3.63, 3.8) is 0 Å². The van der Waals surface area contributed by atoms with Crippen molar-refractivity contribution in [3.8, 4) is 5.75 Å². The van der Waals surface area contributed by atoms with Gasteiger partial charge >= 0.3 is 5.97 Å². The van der Waals surface area contributed by atoms with Gasteiger partial charge in [0.05, 0.1) is 50.3 Å². The summed E-state index contributed by atoms with van der Waals surface area (Å²) >= 11 is 3.70. The van der Waals surface area contributed by atoms with E-state index in [4.69, 9.17) is 18.9 Å². The normalized spacial score (nSPS) is 26.5. The predicted octanol–water partition coefficient (Wildman–Crippen LogP) is 3.72. The van der Waals surface area contributed by atoms with E-state index in [0.29, 0.717) is 23.4 Å². The van der Waals surface area contributed by atoms with Crippen LogP contribution in [0.2, 0.25) is 0 Å². The molecule has 51 heavy (non-hydrogen) atoms. The summed E-state index contributed by atoms with van der Waals surface area (Å²) in [4.78, 5) is 59.2. The summed E-state index contributed by atoms with van der Waals surface area (Å²) in [5.41, 5.74) is -0.237. The first-order chi connectivity index (χ1) is 24.6. The molecule has 3 heterocycles. The highest BCUT2D eigenvalue weighted by Gasteiger charge is 2.77. The monoisotopic (exact) mass is 767 g/mol. The smallest absolute Gasteiger partial charge is 0.313 e. The second-order valence-corrected chi connectivity index (χ2v) is 14.3. The minimum Gasteiger partial charge on any atom is -0.497 e. The van der Waals surface area contributed by atoms with Gasteiger partial charge in [0.1, 0.15) is 23.5 Å². The van der Waals surface area contributed by atoms with Gasteiger partial charge in [0.25, 0.3) is 5.91 Å². The van der Waals surface area contributed by atoms with Crippen LogP contribution in [0, 0.1) is 11.8 Å². The Kier molecular flexibility index (Phi) is 12.4. The number of esters is 1. The first kappa shape index (κ1) is 38.2. The summed E-state index contributed by atoms with van der Waals surface area (Å²) in [7, 11) is 3.04. The van der Waals surface area contributed by atoms with Crippen molar-refractivity contribution in [3.05, 3.63) is 85.5 Å². The molecule has 3 fully saturated rings. The summed E-state index contributed by atoms with van der Waals surface area (Å²) < 4.78 is 23.7. The molecule has 0 radical (unpaired) electrons. The zero-order chi connectivity index (χ0) is 36.9.